The number of pyridine rings is 1. The number of carboxylic acids is 1. The van der Waals surface area contributed by atoms with Gasteiger partial charge in [0, 0.05) is 36.5 Å². The highest BCUT2D eigenvalue weighted by Gasteiger charge is 2.26. The van der Waals surface area contributed by atoms with Crippen molar-refractivity contribution in [1.29, 1.82) is 0 Å². The standard InChI is InChI=1S/C22H25N3O3/c1-15-5-4-10-25-19(14-24-11-8-16(9-12-24)22(26)27)20(23-21(15)25)17-6-3-7-18(13-17)28-2/h3-7,10,13,16H,8-9,11-12,14H2,1-2H3,(H,26,27). The van der Waals surface area contributed by atoms with Crippen LogP contribution in [0.15, 0.2) is 42.6 Å². The van der Waals surface area contributed by atoms with Crippen LogP contribution < -0.4 is 14.7 Å². The van der Waals surface area contributed by atoms with Gasteiger partial charge in [-0.15, -0.1) is 0 Å². The smallest absolute Gasteiger partial charge is 0.140 e. The van der Waals surface area contributed by atoms with E-state index in [4.69, 9.17) is 9.72 Å². The van der Waals surface area contributed by atoms with Gasteiger partial charge in [0.25, 0.3) is 0 Å². The predicted octanol–water partition coefficient (Wildman–Crippen LogP) is 0.863. The number of benzene rings is 1. The lowest BCUT2D eigenvalue weighted by Gasteiger charge is -2.29. The summed E-state index contributed by atoms with van der Waals surface area (Å²) in [6.07, 6.45) is 3.39. The van der Waals surface area contributed by atoms with Crippen LogP contribution in [0.5, 0.6) is 5.75 Å². The SMILES string of the molecule is COc1cccc(-c2nc3c(C)cccn3c2C[NH+]2CCC(C(=O)[O-])CC2)c1. The molecule has 2 aromatic heterocycles. The van der Waals surface area contributed by atoms with E-state index in [1.165, 1.54) is 4.90 Å². The molecule has 0 atom stereocenters. The molecule has 0 unspecified atom stereocenters. The van der Waals surface area contributed by atoms with Gasteiger partial charge in [-0.25, -0.2) is 4.98 Å². The van der Waals surface area contributed by atoms with E-state index < -0.39 is 5.97 Å². The van der Waals surface area contributed by atoms with Gasteiger partial charge in [-0.2, -0.15) is 0 Å². The number of nitrogens with one attached hydrogen (secondary N) is 1. The maximum atomic E-state index is 11.1. The van der Waals surface area contributed by atoms with Gasteiger partial charge >= 0.3 is 0 Å². The van der Waals surface area contributed by atoms with Gasteiger partial charge in [0.05, 0.1) is 25.9 Å². The fraction of sp³-hybridized carbons (Fsp3) is 0.364. The van der Waals surface area contributed by atoms with E-state index >= 15 is 0 Å². The van der Waals surface area contributed by atoms with Crippen LogP contribution in [0.3, 0.4) is 0 Å². The Bertz CT molecular complexity index is 1000. The number of imidazole rings is 1. The molecule has 3 aromatic rings. The number of hydrogen-bond donors (Lipinski definition) is 1. The summed E-state index contributed by atoms with van der Waals surface area (Å²) < 4.78 is 7.57. The minimum absolute atomic E-state index is 0.314. The highest BCUT2D eigenvalue weighted by atomic mass is 16.5. The zero-order valence-electron chi connectivity index (χ0n) is 16.3. The first-order valence-corrected chi connectivity index (χ1v) is 9.72. The molecule has 1 aliphatic rings. The van der Waals surface area contributed by atoms with Crippen molar-refractivity contribution in [3.63, 3.8) is 0 Å². The van der Waals surface area contributed by atoms with Crippen LogP contribution >= 0.6 is 0 Å². The fourth-order valence-electron chi connectivity index (χ4n) is 4.10. The molecule has 1 N–H and O–H groups in total. The van der Waals surface area contributed by atoms with E-state index in [1.54, 1.807) is 7.11 Å². The molecule has 0 aliphatic carbocycles. The van der Waals surface area contributed by atoms with Gasteiger partial charge in [-0.3, -0.25) is 4.40 Å². The van der Waals surface area contributed by atoms with Crippen molar-refractivity contribution in [2.45, 2.75) is 26.3 Å². The number of methoxy groups -OCH3 is 1. The van der Waals surface area contributed by atoms with Crippen molar-refractivity contribution in [3.05, 3.63) is 53.9 Å². The third-order valence-corrected chi connectivity index (χ3v) is 5.73. The van der Waals surface area contributed by atoms with Crippen LogP contribution in [0.1, 0.15) is 24.1 Å². The summed E-state index contributed by atoms with van der Waals surface area (Å²) in [7, 11) is 1.67. The summed E-state index contributed by atoms with van der Waals surface area (Å²) in [6.45, 7) is 4.53. The molecule has 6 heteroatoms. The number of carbonyl (C=O) groups is 1. The normalized spacial score (nSPS) is 19.6. The molecule has 1 aromatic carbocycles. The second-order valence-electron chi connectivity index (χ2n) is 7.54. The molecule has 146 valence electrons. The molecule has 28 heavy (non-hydrogen) atoms. The lowest BCUT2D eigenvalue weighted by molar-refractivity contribution is -0.919. The van der Waals surface area contributed by atoms with Gasteiger partial charge in [0.1, 0.15) is 23.6 Å². The number of rotatable bonds is 5. The summed E-state index contributed by atoms with van der Waals surface area (Å²) in [5, 5.41) is 11.1. The molecule has 3 heterocycles. The molecule has 1 saturated heterocycles. The zero-order chi connectivity index (χ0) is 19.7. The topological polar surface area (TPSA) is 71.1 Å². The van der Waals surface area contributed by atoms with Gasteiger partial charge in [0.15, 0.2) is 0 Å². The number of aryl methyl sites for hydroxylation is 1. The Balaban J connectivity index is 1.72. The molecule has 0 amide bonds. The maximum absolute atomic E-state index is 11.1. The Morgan fingerprint density at radius 1 is 1.29 bits per heavy atom. The average Bonchev–Trinajstić information content (AvgIpc) is 3.08. The molecule has 0 bridgehead atoms. The van der Waals surface area contributed by atoms with E-state index in [0.717, 1.165) is 53.5 Å². The van der Waals surface area contributed by atoms with Gasteiger partial charge < -0.3 is 19.5 Å². The van der Waals surface area contributed by atoms with E-state index in [9.17, 15) is 9.90 Å². The number of aromatic nitrogens is 2. The highest BCUT2D eigenvalue weighted by Crippen LogP contribution is 2.28. The highest BCUT2D eigenvalue weighted by molar-refractivity contribution is 5.69. The van der Waals surface area contributed by atoms with E-state index in [-0.39, 0.29) is 5.92 Å². The van der Waals surface area contributed by atoms with Gasteiger partial charge in [-0.05, 0) is 30.7 Å². The molecule has 0 spiro atoms. The molecular weight excluding hydrogens is 354 g/mol. The summed E-state index contributed by atoms with van der Waals surface area (Å²) in [6, 6.07) is 12.1. The fourth-order valence-corrected chi connectivity index (χ4v) is 4.10. The Morgan fingerprint density at radius 3 is 2.79 bits per heavy atom. The van der Waals surface area contributed by atoms with Crippen LogP contribution in [-0.4, -0.2) is 35.6 Å². The van der Waals surface area contributed by atoms with Crippen LogP contribution in [0, 0.1) is 12.8 Å². The molecule has 4 rings (SSSR count). The third-order valence-electron chi connectivity index (χ3n) is 5.73. The van der Waals surface area contributed by atoms with Crippen molar-refractivity contribution in [2.75, 3.05) is 20.2 Å². The zero-order valence-corrected chi connectivity index (χ0v) is 16.3. The number of ether oxygens (including phenoxy) is 1. The average molecular weight is 379 g/mol. The van der Waals surface area contributed by atoms with Crippen molar-refractivity contribution in [1.82, 2.24) is 9.38 Å². The van der Waals surface area contributed by atoms with Crippen LogP contribution in [0.4, 0.5) is 0 Å². The molecule has 1 aliphatic heterocycles. The number of carbonyl (C=O) groups excluding carboxylic acids is 1. The second kappa shape index (κ2) is 7.64. The summed E-state index contributed by atoms with van der Waals surface area (Å²) in [4.78, 5) is 17.5. The monoisotopic (exact) mass is 379 g/mol. The quantitative estimate of drug-likeness (QED) is 0.714. The molecule has 1 fully saturated rings. The van der Waals surface area contributed by atoms with Crippen molar-refractivity contribution < 1.29 is 19.5 Å². The number of likely N-dealkylation sites (tertiary alicyclic amines) is 1. The largest absolute Gasteiger partial charge is 0.550 e. The van der Waals surface area contributed by atoms with E-state index in [0.29, 0.717) is 12.8 Å². The molecular formula is C22H25N3O3. The first kappa shape index (κ1) is 18.5. The van der Waals surface area contributed by atoms with Crippen molar-refractivity contribution in [2.24, 2.45) is 5.92 Å². The van der Waals surface area contributed by atoms with Gasteiger partial charge in [0.2, 0.25) is 0 Å². The van der Waals surface area contributed by atoms with Crippen molar-refractivity contribution >= 4 is 11.6 Å². The minimum Gasteiger partial charge on any atom is -0.550 e. The number of quaternary nitrogens is 1. The summed E-state index contributed by atoms with van der Waals surface area (Å²) >= 11 is 0. The summed E-state index contributed by atoms with van der Waals surface area (Å²) in [5.41, 5.74) is 5.22. The second-order valence-corrected chi connectivity index (χ2v) is 7.54. The molecule has 0 saturated carbocycles. The number of aliphatic carboxylic acids is 1. The Labute approximate surface area is 164 Å². The number of fused-ring (bicyclic) bond motifs is 1. The van der Waals surface area contributed by atoms with Gasteiger partial charge in [-0.1, -0.05) is 18.2 Å². The minimum atomic E-state index is -0.915. The Hall–Kier alpha value is -2.86. The number of piperidine rings is 1. The first-order valence-electron chi connectivity index (χ1n) is 9.72. The number of hydrogen-bond acceptors (Lipinski definition) is 4. The predicted molar refractivity (Wildman–Crippen MR) is 104 cm³/mol. The lowest BCUT2D eigenvalue weighted by atomic mass is 9.97. The van der Waals surface area contributed by atoms with Crippen LogP contribution in [0.2, 0.25) is 0 Å². The lowest BCUT2D eigenvalue weighted by Crippen LogP contribution is -3.12. The number of carboxylic acid groups (broad SMARTS) is 1. The molecule has 0 radical (unpaired) electrons. The van der Waals surface area contributed by atoms with E-state index in [1.807, 2.05) is 24.3 Å². The summed E-state index contributed by atoms with van der Waals surface area (Å²) in [5.74, 6) is -0.424. The van der Waals surface area contributed by atoms with Crippen LogP contribution in [0.25, 0.3) is 16.9 Å². The first-order chi connectivity index (χ1) is 13.6. The Kier molecular flexibility index (Phi) is 5.05. The van der Waals surface area contributed by atoms with Crippen molar-refractivity contribution in [3.8, 4) is 17.0 Å². The number of nitrogens with zero attached hydrogens (tertiary/aromatic N) is 2. The molecule has 6 nitrogen and oxygen atoms in total. The Morgan fingerprint density at radius 2 is 2.07 bits per heavy atom. The third kappa shape index (κ3) is 3.47. The van der Waals surface area contributed by atoms with Crippen LogP contribution in [-0.2, 0) is 11.3 Å². The van der Waals surface area contributed by atoms with E-state index in [2.05, 4.69) is 29.7 Å². The maximum Gasteiger partial charge on any atom is 0.140 e.